The molecule has 0 saturated carbocycles. The van der Waals surface area contributed by atoms with Crippen LogP contribution in [0.25, 0.3) is 33.8 Å². The maximum Gasteiger partial charge on any atom is 0.435 e. The zero-order valence-electron chi connectivity index (χ0n) is 66.8. The molecule has 3 aliphatic heterocycles. The monoisotopic (exact) mass is 1760 g/mol. The molecule has 0 bridgehead atoms. The number of ketones is 1. The molecule has 0 unspecified atom stereocenters. The van der Waals surface area contributed by atoms with E-state index in [0.717, 1.165) is 107 Å². The van der Waals surface area contributed by atoms with E-state index >= 15 is 0 Å². The van der Waals surface area contributed by atoms with Gasteiger partial charge in [0.15, 0.2) is 17.1 Å². The number of fused-ring (bicyclic) bond motifs is 3. The Morgan fingerprint density at radius 3 is 1.37 bits per heavy atom. The average Bonchev–Trinajstić information content (AvgIpc) is 1.59. The summed E-state index contributed by atoms with van der Waals surface area (Å²) < 4.78 is 223. The second kappa shape index (κ2) is 38.0. The quantitative estimate of drug-likeness (QED) is 0.0520. The van der Waals surface area contributed by atoms with Crippen molar-refractivity contribution >= 4 is 63.0 Å². The summed E-state index contributed by atoms with van der Waals surface area (Å²) in [7, 11) is 0. The van der Waals surface area contributed by atoms with Gasteiger partial charge in [0.2, 0.25) is 0 Å². The van der Waals surface area contributed by atoms with Gasteiger partial charge in [0.05, 0.1) is 57.2 Å². The molecule has 644 valence electrons. The summed E-state index contributed by atoms with van der Waals surface area (Å²) in [5.41, 5.74) is -0.565. The summed E-state index contributed by atoms with van der Waals surface area (Å²) in [5, 5.41) is 17.8. The summed E-state index contributed by atoms with van der Waals surface area (Å²) in [5.74, 6) is -6.41. The van der Waals surface area contributed by atoms with Gasteiger partial charge in [-0.25, -0.2) is 49.7 Å². The molecule has 14 rings (SSSR count). The minimum Gasteiger partial charge on any atom is -0.466 e. The van der Waals surface area contributed by atoms with Crippen LogP contribution in [0.15, 0.2) is 113 Å². The van der Waals surface area contributed by atoms with Gasteiger partial charge in [-0.3, -0.25) is 43.1 Å². The number of alkyl halides is 9. The van der Waals surface area contributed by atoms with Crippen LogP contribution in [0, 0.1) is 48.8 Å². The largest absolute Gasteiger partial charge is 0.466 e. The third-order valence-electron chi connectivity index (χ3n) is 18.4. The number of hydrogen-bond acceptors (Lipinski definition) is 13. The van der Waals surface area contributed by atoms with E-state index in [1.54, 1.807) is 70.2 Å². The molecule has 0 aliphatic carbocycles. The number of carbonyl (C=O) groups is 5. The van der Waals surface area contributed by atoms with Gasteiger partial charge >= 0.3 is 30.6 Å². The molecule has 0 atom stereocenters. The van der Waals surface area contributed by atoms with Crippen molar-refractivity contribution in [2.75, 3.05) is 40.9 Å². The molecule has 3 aromatic carbocycles. The van der Waals surface area contributed by atoms with Crippen LogP contribution in [0.4, 0.5) is 88.1 Å². The lowest BCUT2D eigenvalue weighted by Gasteiger charge is -2.28. The lowest BCUT2D eigenvalue weighted by Crippen LogP contribution is -2.40. The normalized spacial score (nSPS) is 13.3. The number of rotatable bonds is 14. The van der Waals surface area contributed by atoms with Crippen molar-refractivity contribution in [1.29, 1.82) is 0 Å². The topological polar surface area (TPSA) is 259 Å². The average molecular weight is 1760 g/mol. The van der Waals surface area contributed by atoms with Crippen molar-refractivity contribution in [3.05, 3.63) is 215 Å². The van der Waals surface area contributed by atoms with Crippen molar-refractivity contribution < 1.29 is 99.3 Å². The Labute approximate surface area is 684 Å². The molecule has 24 nitrogen and oxygen atoms in total. The van der Waals surface area contributed by atoms with E-state index in [1.165, 1.54) is 46.8 Å². The van der Waals surface area contributed by atoms with E-state index in [1.807, 2.05) is 31.5 Å². The van der Waals surface area contributed by atoms with Gasteiger partial charge in [0, 0.05) is 125 Å². The highest BCUT2D eigenvalue weighted by Gasteiger charge is 2.42. The highest BCUT2D eigenvalue weighted by atomic mass is 79.9. The molecule has 120 heavy (non-hydrogen) atoms. The molecule has 2 amide bonds. The maximum atomic E-state index is 14.7. The van der Waals surface area contributed by atoms with E-state index in [9.17, 15) is 94.6 Å². The zero-order chi connectivity index (χ0) is 88.5. The van der Waals surface area contributed by atoms with Crippen molar-refractivity contribution in [2.45, 2.75) is 172 Å². The van der Waals surface area contributed by atoms with Crippen LogP contribution in [0.3, 0.4) is 0 Å². The summed E-state index contributed by atoms with van der Waals surface area (Å²) in [4.78, 5) is 81.0. The maximum absolute atomic E-state index is 14.7. The Bertz CT molecular complexity index is 5530. The van der Waals surface area contributed by atoms with Crippen molar-refractivity contribution in [2.24, 2.45) is 0 Å². The second-order valence-electron chi connectivity index (χ2n) is 28.1. The number of carbonyl (C=O) groups excluding carboxylic acids is 5. The number of aryl methyl sites for hydroxylation is 7. The predicted molar refractivity (Wildman–Crippen MR) is 416 cm³/mol. The minimum absolute atomic E-state index is 0.00658. The van der Waals surface area contributed by atoms with Gasteiger partial charge in [-0.05, 0) is 165 Å². The first-order valence-corrected chi connectivity index (χ1v) is 38.3. The number of esters is 1. The van der Waals surface area contributed by atoms with E-state index in [0.29, 0.717) is 56.4 Å². The Balaban J connectivity index is 0.000000178. The number of benzene rings is 3. The van der Waals surface area contributed by atoms with Crippen molar-refractivity contribution in [3.8, 4) is 33.8 Å². The summed E-state index contributed by atoms with van der Waals surface area (Å²) in [6.07, 6.45) is -14.1. The minimum atomic E-state index is -4.71. The second-order valence-corrected chi connectivity index (χ2v) is 28.9. The van der Waals surface area contributed by atoms with E-state index < -0.39 is 106 Å². The van der Waals surface area contributed by atoms with Gasteiger partial charge in [0.1, 0.15) is 74.8 Å². The van der Waals surface area contributed by atoms with E-state index in [-0.39, 0.29) is 108 Å². The van der Waals surface area contributed by atoms with E-state index in [4.69, 9.17) is 4.74 Å². The number of H-pyrrole nitrogens is 3. The third-order valence-corrected chi connectivity index (χ3v) is 19.0. The number of nitrogens with zero attached hydrogens (tertiary/aromatic N) is 13. The molecule has 40 heteroatoms. The number of aromatic amines is 3. The number of amides is 2. The Hall–Kier alpha value is -11.9. The lowest BCUT2D eigenvalue weighted by molar-refractivity contribution is -0.145. The first-order chi connectivity index (χ1) is 56.3. The number of ether oxygens (including phenoxy) is 2. The lowest BCUT2D eigenvalue weighted by atomic mass is 10.1. The summed E-state index contributed by atoms with van der Waals surface area (Å²) >= 11 is 3.38. The van der Waals surface area contributed by atoms with Gasteiger partial charge in [0.25, 0.3) is 17.4 Å². The summed E-state index contributed by atoms with van der Waals surface area (Å²) in [6.45, 7) is 23.9. The zero-order valence-corrected chi connectivity index (χ0v) is 68.4. The molecule has 3 N–H and O–H groups in total. The van der Waals surface area contributed by atoms with Crippen LogP contribution in [0.1, 0.15) is 147 Å². The highest BCUT2D eigenvalue weighted by Crippen LogP contribution is 2.41. The van der Waals surface area contributed by atoms with Gasteiger partial charge in [-0.1, -0.05) is 18.2 Å². The van der Waals surface area contributed by atoms with Crippen LogP contribution >= 0.6 is 15.9 Å². The molecule has 11 heterocycles. The molecule has 11 aromatic rings. The first kappa shape index (κ1) is 92.0. The van der Waals surface area contributed by atoms with Crippen molar-refractivity contribution in [1.82, 2.24) is 63.4 Å². The number of halogens is 16. The Morgan fingerprint density at radius 2 is 0.958 bits per heavy atom. The highest BCUT2D eigenvalue weighted by molar-refractivity contribution is 9.10. The van der Waals surface area contributed by atoms with Gasteiger partial charge in [-0.15, -0.1) is 0 Å². The fourth-order valence-corrected chi connectivity index (χ4v) is 13.7. The van der Waals surface area contributed by atoms with Crippen LogP contribution < -0.4 is 20.3 Å². The number of nitrogens with one attached hydrogen (secondary N) is 3. The molecule has 8 aromatic heterocycles. The van der Waals surface area contributed by atoms with Crippen molar-refractivity contribution in [3.63, 3.8) is 0 Å². The number of anilines is 3. The summed E-state index contributed by atoms with van der Waals surface area (Å²) in [6, 6.07) is 20.6. The molecular formula is C80H84BrF15N16O8. The van der Waals surface area contributed by atoms with Crippen LogP contribution in [0.5, 0.6) is 0 Å². The number of aromatic nitrogens is 13. The fourth-order valence-electron chi connectivity index (χ4n) is 13.1. The Kier molecular flexibility index (Phi) is 29.2. The standard InChI is InChI=1S/C24H23F5N4O3.C19H15F5N4O.C19H17F5N4.C6H9BrN2.C6H10N2O.C6H10O3/c1-5-32-19(12-18(30-32)24(27,28)29)31-10-9-16-13(21(31)34)11-17(20-14(25)7-6-8-15(20)26)33(16)22(35)36-23(2,3)4;1-2-28-16(9-15(26-28)19(22,23)24)27-7-6-13-10(18(27)29)8-14(25-13)17-11(20)4-3-5-12(17)21;1-2-28-17(9-16(26-28)19(22,23)24)27-7-6-14-11(10-27)8-15(25-14)18-12(20)4-3-5-13(18)21;1-3-9-6(7)4-5(2)8-9;1-3-8-6(9)4-5(2)7-8;1-3-9-6(8)4-5(2)7/h6-8,11-12H,5,9-10H2,1-4H3;3-5,8-9,25H,2,6-7H2,1H3;3-5,8-9,25H,2,6-7,10H2,1H3;4H,3H2,1-2H3;4,7H,3H2,1-2H3;3-4H2,1-2H3. The van der Waals surface area contributed by atoms with Crippen LogP contribution in [-0.2, 0) is 96.1 Å². The van der Waals surface area contributed by atoms with Crippen LogP contribution in [-0.4, -0.2) is 125 Å². The molecule has 0 radical (unpaired) electrons. The van der Waals surface area contributed by atoms with Gasteiger partial charge < -0.3 is 29.4 Å². The fraction of sp³-hybridized carbons (Fsp3) is 0.375. The number of Topliss-reactive ketones (excluding diaryl/α,β-unsaturated/α-hetero) is 1. The predicted octanol–water partition coefficient (Wildman–Crippen LogP) is 17.8. The third kappa shape index (κ3) is 21.6. The number of hydrogen-bond donors (Lipinski definition) is 3. The Morgan fingerprint density at radius 1 is 0.517 bits per heavy atom. The van der Waals surface area contributed by atoms with Gasteiger partial charge in [-0.2, -0.15) is 59.9 Å². The molecule has 3 aliphatic rings. The molecule has 0 fully saturated rings. The molecule has 0 saturated heterocycles. The smallest absolute Gasteiger partial charge is 0.435 e. The first-order valence-electron chi connectivity index (χ1n) is 37.5. The van der Waals surface area contributed by atoms with E-state index in [2.05, 4.69) is 63.1 Å². The van der Waals surface area contributed by atoms with Crippen LogP contribution in [0.2, 0.25) is 0 Å². The molecule has 0 spiro atoms. The SMILES string of the molecule is CCOC(=O)CC(C)=O.CCn1[nH]c(C)cc1=O.CCn1nc(C(F)(F)F)cc1N1CCc2[nH]c(-c3c(F)cccc3F)cc2C1.CCn1nc(C(F)(F)F)cc1N1CCc2[nH]c(-c3c(F)cccc3F)cc2C1=O.CCn1nc(C(F)(F)F)cc1N1CCc2c(cc(-c3c(F)cccc3F)n2C(=O)OC(C)(C)C)C1=O.CCn1nc(C)cc1Br. The molecular weight excluding hydrogens is 1680 g/mol.